The van der Waals surface area contributed by atoms with Crippen LogP contribution in [0, 0.1) is 12.7 Å². The average Bonchev–Trinajstić information content (AvgIpc) is 2.41. The summed E-state index contributed by atoms with van der Waals surface area (Å²) >= 11 is 3.42. The van der Waals surface area contributed by atoms with Gasteiger partial charge < -0.3 is 10.1 Å². The van der Waals surface area contributed by atoms with E-state index in [1.54, 1.807) is 12.3 Å². The Balaban J connectivity index is 2.26. The number of ether oxygens (including phenoxy) is 1. The van der Waals surface area contributed by atoms with E-state index in [0.29, 0.717) is 24.2 Å². The largest absolute Gasteiger partial charge is 0.438 e. The summed E-state index contributed by atoms with van der Waals surface area (Å²) in [6, 6.07) is 6.78. The highest BCUT2D eigenvalue weighted by Gasteiger charge is 2.10. The van der Waals surface area contributed by atoms with Gasteiger partial charge in [0.25, 0.3) is 0 Å². The fraction of sp³-hybridized carbons (Fsp3) is 0.312. The maximum Gasteiger partial charge on any atom is 0.223 e. The van der Waals surface area contributed by atoms with Crippen molar-refractivity contribution in [3.8, 4) is 11.6 Å². The van der Waals surface area contributed by atoms with E-state index in [-0.39, 0.29) is 5.82 Å². The minimum atomic E-state index is -0.273. The van der Waals surface area contributed by atoms with Crippen molar-refractivity contribution < 1.29 is 9.13 Å². The van der Waals surface area contributed by atoms with Crippen LogP contribution in [0.15, 0.2) is 34.9 Å². The molecule has 21 heavy (non-hydrogen) atoms. The number of pyridine rings is 1. The fourth-order valence-electron chi connectivity index (χ4n) is 1.83. The molecule has 0 amide bonds. The first-order valence-electron chi connectivity index (χ1n) is 6.77. The summed E-state index contributed by atoms with van der Waals surface area (Å²) in [6.07, 6.45) is 1.69. The zero-order chi connectivity index (χ0) is 15.4. The van der Waals surface area contributed by atoms with Crippen LogP contribution >= 0.6 is 15.9 Å². The van der Waals surface area contributed by atoms with Crippen LogP contribution in [0.5, 0.6) is 11.6 Å². The third kappa shape index (κ3) is 4.51. The van der Waals surface area contributed by atoms with E-state index >= 15 is 0 Å². The van der Waals surface area contributed by atoms with Crippen molar-refractivity contribution in [2.24, 2.45) is 0 Å². The number of hydrogen-bond donors (Lipinski definition) is 1. The highest BCUT2D eigenvalue weighted by molar-refractivity contribution is 9.10. The number of nitrogens with one attached hydrogen (secondary N) is 1. The normalized spacial score (nSPS) is 11.0. The summed E-state index contributed by atoms with van der Waals surface area (Å²) in [6.45, 7) is 6.62. The number of nitrogens with zero attached hydrogens (tertiary/aromatic N) is 1. The van der Waals surface area contributed by atoms with Gasteiger partial charge in [0.15, 0.2) is 0 Å². The van der Waals surface area contributed by atoms with Crippen LogP contribution in [0.25, 0.3) is 0 Å². The van der Waals surface area contributed by atoms with Gasteiger partial charge in [0.2, 0.25) is 5.88 Å². The van der Waals surface area contributed by atoms with Gasteiger partial charge in [0, 0.05) is 28.8 Å². The zero-order valence-corrected chi connectivity index (χ0v) is 13.9. The van der Waals surface area contributed by atoms with Gasteiger partial charge in [0.1, 0.15) is 11.6 Å². The molecule has 0 atom stereocenters. The van der Waals surface area contributed by atoms with Crippen LogP contribution in [-0.2, 0) is 6.54 Å². The summed E-state index contributed by atoms with van der Waals surface area (Å²) < 4.78 is 19.9. The Hall–Kier alpha value is -1.46. The Morgan fingerprint density at radius 2 is 2.10 bits per heavy atom. The van der Waals surface area contributed by atoms with E-state index < -0.39 is 0 Å². The Kier molecular flexibility index (Phi) is 5.31. The minimum absolute atomic E-state index is 0.273. The molecule has 0 aliphatic heterocycles. The first-order chi connectivity index (χ1) is 9.95. The Morgan fingerprint density at radius 3 is 2.76 bits per heavy atom. The van der Waals surface area contributed by atoms with Crippen LogP contribution in [0.4, 0.5) is 4.39 Å². The molecule has 0 aliphatic carbocycles. The van der Waals surface area contributed by atoms with Crippen molar-refractivity contribution >= 4 is 15.9 Å². The van der Waals surface area contributed by atoms with Gasteiger partial charge in [-0.05, 0) is 52.7 Å². The van der Waals surface area contributed by atoms with Crippen LogP contribution < -0.4 is 10.1 Å². The standard InChI is InChI=1S/C16H18BrFN2O/c1-10(2)19-8-12-7-13(17)9-20-16(12)21-15-5-4-14(18)6-11(15)3/h4-7,9-10,19H,8H2,1-3H3. The van der Waals surface area contributed by atoms with Crippen molar-refractivity contribution in [1.29, 1.82) is 0 Å². The van der Waals surface area contributed by atoms with E-state index in [2.05, 4.69) is 40.1 Å². The minimum Gasteiger partial charge on any atom is -0.438 e. The van der Waals surface area contributed by atoms with Gasteiger partial charge in [-0.3, -0.25) is 0 Å². The van der Waals surface area contributed by atoms with Crippen LogP contribution in [0.1, 0.15) is 25.0 Å². The molecule has 2 aromatic rings. The maximum atomic E-state index is 13.1. The lowest BCUT2D eigenvalue weighted by Crippen LogP contribution is -2.22. The van der Waals surface area contributed by atoms with E-state index in [9.17, 15) is 4.39 Å². The van der Waals surface area contributed by atoms with Gasteiger partial charge >= 0.3 is 0 Å². The lowest BCUT2D eigenvalue weighted by molar-refractivity contribution is 0.445. The zero-order valence-electron chi connectivity index (χ0n) is 12.3. The molecule has 0 aliphatic rings. The molecular formula is C16H18BrFN2O. The Bertz CT molecular complexity index is 632. The Labute approximate surface area is 132 Å². The van der Waals surface area contributed by atoms with Crippen molar-refractivity contribution in [2.45, 2.75) is 33.4 Å². The highest BCUT2D eigenvalue weighted by Crippen LogP contribution is 2.28. The molecule has 2 rings (SSSR count). The molecule has 0 saturated heterocycles. The highest BCUT2D eigenvalue weighted by atomic mass is 79.9. The fourth-order valence-corrected chi connectivity index (χ4v) is 2.21. The molecule has 3 nitrogen and oxygen atoms in total. The van der Waals surface area contributed by atoms with Gasteiger partial charge in [-0.15, -0.1) is 0 Å². The number of aryl methyl sites for hydroxylation is 1. The molecule has 112 valence electrons. The van der Waals surface area contributed by atoms with Gasteiger partial charge in [0.05, 0.1) is 0 Å². The molecule has 1 aromatic carbocycles. The van der Waals surface area contributed by atoms with Crippen molar-refractivity contribution in [3.05, 3.63) is 51.9 Å². The summed E-state index contributed by atoms with van der Waals surface area (Å²) in [7, 11) is 0. The van der Waals surface area contributed by atoms with Crippen LogP contribution in [-0.4, -0.2) is 11.0 Å². The number of rotatable bonds is 5. The molecule has 0 saturated carbocycles. The third-order valence-corrected chi connectivity index (χ3v) is 3.37. The van der Waals surface area contributed by atoms with Crippen molar-refractivity contribution in [1.82, 2.24) is 10.3 Å². The van der Waals surface area contributed by atoms with E-state index in [1.165, 1.54) is 12.1 Å². The first kappa shape index (κ1) is 15.9. The quantitative estimate of drug-likeness (QED) is 0.854. The molecule has 1 N–H and O–H groups in total. The van der Waals surface area contributed by atoms with E-state index in [0.717, 1.165) is 15.6 Å². The number of hydrogen-bond acceptors (Lipinski definition) is 3. The average molecular weight is 353 g/mol. The second kappa shape index (κ2) is 7.00. The number of halogens is 2. The van der Waals surface area contributed by atoms with Gasteiger partial charge in [-0.25, -0.2) is 9.37 Å². The number of aromatic nitrogens is 1. The molecular weight excluding hydrogens is 335 g/mol. The van der Waals surface area contributed by atoms with Gasteiger partial charge in [-0.2, -0.15) is 0 Å². The van der Waals surface area contributed by atoms with E-state index in [4.69, 9.17) is 4.74 Å². The molecule has 0 bridgehead atoms. The SMILES string of the molecule is Cc1cc(F)ccc1Oc1ncc(Br)cc1CNC(C)C. The molecule has 1 aromatic heterocycles. The molecule has 0 fully saturated rings. The number of benzene rings is 1. The van der Waals surface area contributed by atoms with Crippen LogP contribution in [0.3, 0.4) is 0 Å². The molecule has 0 radical (unpaired) electrons. The summed E-state index contributed by atoms with van der Waals surface area (Å²) in [5.41, 5.74) is 1.68. The molecule has 0 spiro atoms. The summed E-state index contributed by atoms with van der Waals surface area (Å²) in [4.78, 5) is 4.31. The topological polar surface area (TPSA) is 34.1 Å². The van der Waals surface area contributed by atoms with Crippen molar-refractivity contribution in [2.75, 3.05) is 0 Å². The second-order valence-electron chi connectivity index (χ2n) is 5.17. The monoisotopic (exact) mass is 352 g/mol. The lowest BCUT2D eigenvalue weighted by Gasteiger charge is -2.14. The smallest absolute Gasteiger partial charge is 0.223 e. The summed E-state index contributed by atoms with van der Waals surface area (Å²) in [5, 5.41) is 3.34. The third-order valence-electron chi connectivity index (χ3n) is 2.94. The summed E-state index contributed by atoms with van der Waals surface area (Å²) in [5.74, 6) is 0.864. The second-order valence-corrected chi connectivity index (χ2v) is 6.08. The molecule has 1 heterocycles. The first-order valence-corrected chi connectivity index (χ1v) is 7.57. The lowest BCUT2D eigenvalue weighted by atomic mass is 10.2. The van der Waals surface area contributed by atoms with Crippen molar-refractivity contribution in [3.63, 3.8) is 0 Å². The predicted octanol–water partition coefficient (Wildman–Crippen LogP) is 4.58. The van der Waals surface area contributed by atoms with Gasteiger partial charge in [-0.1, -0.05) is 13.8 Å². The maximum absolute atomic E-state index is 13.1. The predicted molar refractivity (Wildman–Crippen MR) is 85.1 cm³/mol. The molecule has 0 unspecified atom stereocenters. The van der Waals surface area contributed by atoms with E-state index in [1.807, 2.05) is 13.0 Å². The molecule has 5 heteroatoms. The van der Waals surface area contributed by atoms with Crippen LogP contribution in [0.2, 0.25) is 0 Å². The Morgan fingerprint density at radius 1 is 1.33 bits per heavy atom.